The van der Waals surface area contributed by atoms with E-state index in [0.29, 0.717) is 29.6 Å². The first-order chi connectivity index (χ1) is 13.9. The van der Waals surface area contributed by atoms with Crippen LogP contribution in [0.4, 0.5) is 0 Å². The molecule has 1 N–H and O–H groups in total. The van der Waals surface area contributed by atoms with E-state index in [4.69, 9.17) is 0 Å². The molecule has 2 saturated carbocycles. The number of benzene rings is 1. The average molecular weight is 395 g/mol. The van der Waals surface area contributed by atoms with Gasteiger partial charge in [-0.25, -0.2) is 0 Å². The van der Waals surface area contributed by atoms with Crippen molar-refractivity contribution in [2.24, 2.45) is 11.3 Å². The SMILES string of the molecule is CC(C)c1cccc(C2CC3(CCN(C(=O)[C@H]4C[C@]5(CCC(=O)N5)C4)CC3)C2)c1. The van der Waals surface area contributed by atoms with Gasteiger partial charge >= 0.3 is 0 Å². The molecule has 0 atom stereocenters. The number of likely N-dealkylation sites (tertiary alicyclic amines) is 1. The normalized spacial score (nSPS) is 27.8. The van der Waals surface area contributed by atoms with Crippen LogP contribution in [0.1, 0.15) is 88.2 Å². The number of hydrogen-bond donors (Lipinski definition) is 1. The molecule has 0 bridgehead atoms. The summed E-state index contributed by atoms with van der Waals surface area (Å²) in [6.45, 7) is 6.37. The highest BCUT2D eigenvalue weighted by atomic mass is 16.2. The van der Waals surface area contributed by atoms with Crippen LogP contribution in [-0.2, 0) is 9.59 Å². The Bertz CT molecular complexity index is 808. The highest BCUT2D eigenvalue weighted by Crippen LogP contribution is 2.57. The molecule has 4 nitrogen and oxygen atoms in total. The second kappa shape index (κ2) is 6.85. The zero-order valence-electron chi connectivity index (χ0n) is 17.9. The monoisotopic (exact) mass is 394 g/mol. The third kappa shape index (κ3) is 3.39. The number of piperidine rings is 1. The van der Waals surface area contributed by atoms with Gasteiger partial charge in [-0.2, -0.15) is 0 Å². The Labute approximate surface area is 174 Å². The van der Waals surface area contributed by atoms with E-state index in [1.165, 1.54) is 24.0 Å². The van der Waals surface area contributed by atoms with Crippen LogP contribution in [-0.4, -0.2) is 35.3 Å². The van der Waals surface area contributed by atoms with E-state index < -0.39 is 0 Å². The molecule has 0 radical (unpaired) electrons. The molecule has 1 aromatic carbocycles. The predicted octanol–water partition coefficient (Wildman–Crippen LogP) is 4.36. The fraction of sp³-hybridized carbons (Fsp3) is 0.680. The van der Waals surface area contributed by atoms with Crippen molar-refractivity contribution < 1.29 is 9.59 Å². The summed E-state index contributed by atoms with van der Waals surface area (Å²) >= 11 is 0. The second-order valence-electron chi connectivity index (χ2n) is 10.7. The molecule has 2 heterocycles. The standard InChI is InChI=1S/C25H34N2O2/c1-17(2)18-4-3-5-19(12-18)20-13-24(14-20)8-10-27(11-9-24)23(29)21-15-25(16-21)7-6-22(28)26-25/h3-5,12,17,20-21H,6-11,13-16H2,1-2H3,(H,26,28)/t21-,25+. The number of nitrogens with zero attached hydrogens (tertiary/aromatic N) is 1. The Kier molecular flexibility index (Phi) is 4.52. The van der Waals surface area contributed by atoms with Gasteiger partial charge in [0.2, 0.25) is 11.8 Å². The summed E-state index contributed by atoms with van der Waals surface area (Å²) in [7, 11) is 0. The quantitative estimate of drug-likeness (QED) is 0.828. The molecular weight excluding hydrogens is 360 g/mol. The molecule has 29 heavy (non-hydrogen) atoms. The third-order valence-corrected chi connectivity index (χ3v) is 8.40. The second-order valence-corrected chi connectivity index (χ2v) is 10.7. The average Bonchev–Trinajstić information content (AvgIpc) is 3.07. The zero-order chi connectivity index (χ0) is 20.2. The molecule has 2 amide bonds. The molecule has 5 rings (SSSR count). The van der Waals surface area contributed by atoms with Crippen molar-refractivity contribution in [3.63, 3.8) is 0 Å². The van der Waals surface area contributed by atoms with E-state index in [9.17, 15) is 9.59 Å². The van der Waals surface area contributed by atoms with Gasteiger partial charge in [-0.15, -0.1) is 0 Å². The Morgan fingerprint density at radius 2 is 1.83 bits per heavy atom. The van der Waals surface area contributed by atoms with Gasteiger partial charge in [0.05, 0.1) is 0 Å². The zero-order valence-corrected chi connectivity index (χ0v) is 17.9. The van der Waals surface area contributed by atoms with Crippen LogP contribution >= 0.6 is 0 Å². The highest BCUT2D eigenvalue weighted by Gasteiger charge is 2.53. The summed E-state index contributed by atoms with van der Waals surface area (Å²) in [5, 5.41) is 3.11. The lowest BCUT2D eigenvalue weighted by molar-refractivity contribution is -0.145. The molecule has 4 heteroatoms. The Hall–Kier alpha value is -1.84. The van der Waals surface area contributed by atoms with Gasteiger partial charge in [-0.3, -0.25) is 9.59 Å². The molecule has 2 spiro atoms. The van der Waals surface area contributed by atoms with Crippen molar-refractivity contribution in [3.8, 4) is 0 Å². The van der Waals surface area contributed by atoms with Crippen LogP contribution in [0.15, 0.2) is 24.3 Å². The maximum Gasteiger partial charge on any atom is 0.225 e. The van der Waals surface area contributed by atoms with E-state index >= 15 is 0 Å². The van der Waals surface area contributed by atoms with Gasteiger partial charge in [-0.05, 0) is 73.3 Å². The van der Waals surface area contributed by atoms with Gasteiger partial charge in [0.25, 0.3) is 0 Å². The van der Waals surface area contributed by atoms with Crippen molar-refractivity contribution in [2.75, 3.05) is 13.1 Å². The highest BCUT2D eigenvalue weighted by molar-refractivity contribution is 5.83. The number of nitrogens with one attached hydrogen (secondary N) is 1. The molecule has 4 fully saturated rings. The van der Waals surface area contributed by atoms with E-state index in [1.807, 2.05) is 0 Å². The van der Waals surface area contributed by atoms with Crippen LogP contribution in [0.5, 0.6) is 0 Å². The molecule has 0 aromatic heterocycles. The first kappa shape index (κ1) is 19.1. The minimum Gasteiger partial charge on any atom is -0.351 e. The summed E-state index contributed by atoms with van der Waals surface area (Å²) in [6, 6.07) is 9.18. The fourth-order valence-electron chi connectivity index (χ4n) is 6.40. The van der Waals surface area contributed by atoms with E-state index in [0.717, 1.165) is 45.2 Å². The summed E-state index contributed by atoms with van der Waals surface area (Å²) in [5.41, 5.74) is 3.38. The van der Waals surface area contributed by atoms with Gasteiger partial charge in [0, 0.05) is 31.0 Å². The maximum absolute atomic E-state index is 12.9. The Balaban J connectivity index is 1.12. The summed E-state index contributed by atoms with van der Waals surface area (Å²) in [6.07, 6.45) is 8.15. The first-order valence-corrected chi connectivity index (χ1v) is 11.6. The van der Waals surface area contributed by atoms with E-state index in [1.54, 1.807) is 0 Å². The molecule has 2 aliphatic heterocycles. The smallest absolute Gasteiger partial charge is 0.225 e. The number of carbonyl (C=O) groups excluding carboxylic acids is 2. The van der Waals surface area contributed by atoms with Crippen LogP contribution in [0.3, 0.4) is 0 Å². The third-order valence-electron chi connectivity index (χ3n) is 8.40. The largest absolute Gasteiger partial charge is 0.351 e. The number of hydrogen-bond acceptors (Lipinski definition) is 2. The number of rotatable bonds is 3. The van der Waals surface area contributed by atoms with Crippen LogP contribution < -0.4 is 5.32 Å². The van der Waals surface area contributed by atoms with Crippen LogP contribution in [0, 0.1) is 11.3 Å². The van der Waals surface area contributed by atoms with Crippen molar-refractivity contribution in [2.45, 2.75) is 82.6 Å². The van der Waals surface area contributed by atoms with Crippen LogP contribution in [0.2, 0.25) is 0 Å². The van der Waals surface area contributed by atoms with Crippen molar-refractivity contribution >= 4 is 11.8 Å². The molecule has 1 aromatic rings. The Morgan fingerprint density at radius 3 is 2.45 bits per heavy atom. The van der Waals surface area contributed by atoms with Crippen LogP contribution in [0.25, 0.3) is 0 Å². The number of amides is 2. The summed E-state index contributed by atoms with van der Waals surface area (Å²) < 4.78 is 0. The lowest BCUT2D eigenvalue weighted by Crippen LogP contribution is -2.58. The maximum atomic E-state index is 12.9. The molecule has 2 saturated heterocycles. The van der Waals surface area contributed by atoms with Gasteiger partial charge in [0.15, 0.2) is 0 Å². The minimum atomic E-state index is -0.0415. The molecule has 2 aliphatic carbocycles. The van der Waals surface area contributed by atoms with E-state index in [-0.39, 0.29) is 17.4 Å². The Morgan fingerprint density at radius 1 is 1.10 bits per heavy atom. The first-order valence-electron chi connectivity index (χ1n) is 11.6. The molecular formula is C25H34N2O2. The topological polar surface area (TPSA) is 49.4 Å². The summed E-state index contributed by atoms with van der Waals surface area (Å²) in [4.78, 5) is 26.6. The summed E-state index contributed by atoms with van der Waals surface area (Å²) in [5.74, 6) is 1.92. The molecule has 156 valence electrons. The van der Waals surface area contributed by atoms with Crippen molar-refractivity contribution in [1.29, 1.82) is 0 Å². The minimum absolute atomic E-state index is 0.0415. The number of carbonyl (C=O) groups is 2. The van der Waals surface area contributed by atoms with Crippen molar-refractivity contribution in [1.82, 2.24) is 10.2 Å². The molecule has 0 unspecified atom stereocenters. The van der Waals surface area contributed by atoms with Gasteiger partial charge < -0.3 is 10.2 Å². The van der Waals surface area contributed by atoms with Gasteiger partial charge in [0.1, 0.15) is 0 Å². The van der Waals surface area contributed by atoms with Gasteiger partial charge in [-0.1, -0.05) is 38.1 Å². The molecule has 4 aliphatic rings. The van der Waals surface area contributed by atoms with E-state index in [2.05, 4.69) is 48.3 Å². The van der Waals surface area contributed by atoms with Crippen molar-refractivity contribution in [3.05, 3.63) is 35.4 Å². The lowest BCUT2D eigenvalue weighted by Gasteiger charge is -2.53. The fourth-order valence-corrected chi connectivity index (χ4v) is 6.40. The predicted molar refractivity (Wildman–Crippen MR) is 114 cm³/mol. The lowest BCUT2D eigenvalue weighted by atomic mass is 9.56.